The summed E-state index contributed by atoms with van der Waals surface area (Å²) in [4.78, 5) is 22.5. The lowest BCUT2D eigenvalue weighted by molar-refractivity contribution is -0.138. The number of carboxylic acids is 1. The van der Waals surface area contributed by atoms with E-state index < -0.39 is 12.0 Å². The molecule has 0 spiro atoms. The van der Waals surface area contributed by atoms with Gasteiger partial charge in [-0.1, -0.05) is 6.07 Å². The van der Waals surface area contributed by atoms with Crippen LogP contribution >= 0.6 is 11.3 Å². The van der Waals surface area contributed by atoms with Crippen LogP contribution in [-0.4, -0.2) is 29.6 Å². The molecule has 16 heavy (non-hydrogen) atoms. The van der Waals surface area contributed by atoms with Gasteiger partial charge < -0.3 is 16.2 Å². The summed E-state index contributed by atoms with van der Waals surface area (Å²) in [6, 6.07) is 2.70. The Morgan fingerprint density at radius 2 is 2.31 bits per heavy atom. The van der Waals surface area contributed by atoms with E-state index >= 15 is 0 Å². The van der Waals surface area contributed by atoms with E-state index in [1.807, 2.05) is 5.38 Å². The fourth-order valence-electron chi connectivity index (χ4n) is 1.14. The van der Waals surface area contributed by atoms with E-state index in [9.17, 15) is 9.59 Å². The second-order valence-electron chi connectivity index (χ2n) is 3.32. The van der Waals surface area contributed by atoms with Gasteiger partial charge in [-0.15, -0.1) is 11.3 Å². The summed E-state index contributed by atoms with van der Waals surface area (Å²) in [5, 5.41) is 13.1. The molecule has 0 saturated carbocycles. The van der Waals surface area contributed by atoms with Crippen molar-refractivity contribution in [2.45, 2.75) is 18.9 Å². The van der Waals surface area contributed by atoms with Gasteiger partial charge in [0.1, 0.15) is 6.04 Å². The molecule has 4 N–H and O–H groups in total. The zero-order valence-corrected chi connectivity index (χ0v) is 9.50. The van der Waals surface area contributed by atoms with Gasteiger partial charge in [-0.3, -0.25) is 9.59 Å². The Morgan fingerprint density at radius 1 is 1.56 bits per heavy atom. The number of rotatable bonds is 6. The highest BCUT2D eigenvalue weighted by Crippen LogP contribution is 2.07. The van der Waals surface area contributed by atoms with Crippen LogP contribution in [0.25, 0.3) is 0 Å². The Hall–Kier alpha value is -1.40. The number of aliphatic carboxylic acids is 1. The Morgan fingerprint density at radius 3 is 2.88 bits per heavy atom. The number of hydrogen-bond donors (Lipinski definition) is 3. The third-order valence-corrected chi connectivity index (χ3v) is 2.91. The van der Waals surface area contributed by atoms with Crippen molar-refractivity contribution in [2.75, 3.05) is 6.54 Å². The second-order valence-corrected chi connectivity index (χ2v) is 4.27. The van der Waals surface area contributed by atoms with E-state index in [0.29, 0.717) is 24.3 Å². The fraction of sp³-hybridized carbons (Fsp3) is 0.400. The number of carbonyl (C=O) groups is 2. The lowest BCUT2D eigenvalue weighted by atomic mass is 10.2. The molecule has 0 bridgehead atoms. The van der Waals surface area contributed by atoms with Crippen LogP contribution in [0.3, 0.4) is 0 Å². The van der Waals surface area contributed by atoms with E-state index in [2.05, 4.69) is 5.32 Å². The molecular weight excluding hydrogens is 228 g/mol. The summed E-state index contributed by atoms with van der Waals surface area (Å²) in [5.41, 5.74) is 5.32. The first kappa shape index (κ1) is 12.7. The van der Waals surface area contributed by atoms with Gasteiger partial charge in [-0.2, -0.15) is 0 Å². The highest BCUT2D eigenvalue weighted by molar-refractivity contribution is 7.12. The number of carbonyl (C=O) groups excluding carboxylic acids is 1. The summed E-state index contributed by atoms with van der Waals surface area (Å²) in [5.74, 6) is -1.14. The van der Waals surface area contributed by atoms with Crippen LogP contribution in [0.1, 0.15) is 22.5 Å². The molecule has 88 valence electrons. The van der Waals surface area contributed by atoms with Crippen LogP contribution in [0, 0.1) is 0 Å². The molecule has 0 aliphatic heterocycles. The minimum Gasteiger partial charge on any atom is -0.480 e. The Labute approximate surface area is 97.3 Å². The third kappa shape index (κ3) is 4.00. The number of thiophene rings is 1. The van der Waals surface area contributed by atoms with Crippen molar-refractivity contribution >= 4 is 23.2 Å². The smallest absolute Gasteiger partial charge is 0.320 e. The molecule has 1 rings (SSSR count). The number of hydrogen-bond acceptors (Lipinski definition) is 4. The average Bonchev–Trinajstić information content (AvgIpc) is 2.76. The van der Waals surface area contributed by atoms with E-state index in [-0.39, 0.29) is 5.91 Å². The van der Waals surface area contributed by atoms with Gasteiger partial charge in [-0.05, 0) is 24.3 Å². The van der Waals surface area contributed by atoms with Crippen molar-refractivity contribution in [3.8, 4) is 0 Å². The quantitative estimate of drug-likeness (QED) is 0.639. The zero-order valence-electron chi connectivity index (χ0n) is 8.68. The fourth-order valence-corrected chi connectivity index (χ4v) is 1.78. The first-order valence-corrected chi connectivity index (χ1v) is 5.79. The van der Waals surface area contributed by atoms with Gasteiger partial charge in [0.2, 0.25) is 0 Å². The van der Waals surface area contributed by atoms with E-state index in [0.717, 1.165) is 0 Å². The molecule has 1 amide bonds. The molecule has 0 aromatic carbocycles. The maximum absolute atomic E-state index is 11.4. The minimum absolute atomic E-state index is 0.126. The molecule has 1 atom stereocenters. The lowest BCUT2D eigenvalue weighted by Crippen LogP contribution is -2.31. The van der Waals surface area contributed by atoms with Crippen LogP contribution in [0.4, 0.5) is 0 Å². The normalized spacial score (nSPS) is 12.1. The molecule has 0 aliphatic carbocycles. The molecule has 1 heterocycles. The van der Waals surface area contributed by atoms with Gasteiger partial charge in [0.15, 0.2) is 0 Å². The van der Waals surface area contributed by atoms with Crippen molar-refractivity contribution in [1.82, 2.24) is 5.32 Å². The predicted octanol–water partition coefficient (Wildman–Crippen LogP) is 0.670. The number of nitrogens with one attached hydrogen (secondary N) is 1. The van der Waals surface area contributed by atoms with Crippen LogP contribution < -0.4 is 11.1 Å². The van der Waals surface area contributed by atoms with Gasteiger partial charge in [0.05, 0.1) is 4.88 Å². The minimum atomic E-state index is -1.01. The SMILES string of the molecule is N[C@@H](CCCNC(=O)c1cccs1)C(=O)O. The standard InChI is InChI=1S/C10H14N2O3S/c11-7(10(14)15)3-1-5-12-9(13)8-4-2-6-16-8/h2,4,6-7H,1,3,5,11H2,(H,12,13)(H,14,15)/t7-/m0/s1. The van der Waals surface area contributed by atoms with Gasteiger partial charge in [0.25, 0.3) is 5.91 Å². The predicted molar refractivity (Wildman–Crippen MR) is 61.5 cm³/mol. The summed E-state index contributed by atoms with van der Waals surface area (Å²) < 4.78 is 0. The van der Waals surface area contributed by atoms with Crippen molar-refractivity contribution in [1.29, 1.82) is 0 Å². The van der Waals surface area contributed by atoms with E-state index in [4.69, 9.17) is 10.8 Å². The molecule has 0 saturated heterocycles. The maximum Gasteiger partial charge on any atom is 0.320 e. The van der Waals surface area contributed by atoms with E-state index in [1.54, 1.807) is 12.1 Å². The molecule has 5 nitrogen and oxygen atoms in total. The maximum atomic E-state index is 11.4. The van der Waals surface area contributed by atoms with Crippen molar-refractivity contribution in [3.63, 3.8) is 0 Å². The molecule has 6 heteroatoms. The third-order valence-electron chi connectivity index (χ3n) is 2.04. The lowest BCUT2D eigenvalue weighted by Gasteiger charge is -2.06. The summed E-state index contributed by atoms with van der Waals surface area (Å²) in [6.07, 6.45) is 0.921. The molecule has 1 aromatic heterocycles. The highest BCUT2D eigenvalue weighted by Gasteiger charge is 2.11. The zero-order chi connectivity index (χ0) is 12.0. The molecule has 0 fully saturated rings. The van der Waals surface area contributed by atoms with Crippen molar-refractivity contribution in [2.24, 2.45) is 5.73 Å². The molecular formula is C10H14N2O3S. The number of carboxylic acid groups (broad SMARTS) is 1. The summed E-state index contributed by atoms with van der Waals surface area (Å²) in [6.45, 7) is 0.442. The molecule has 1 aromatic rings. The van der Waals surface area contributed by atoms with E-state index in [1.165, 1.54) is 11.3 Å². The Balaban J connectivity index is 2.17. The van der Waals surface area contributed by atoms with Crippen LogP contribution in [-0.2, 0) is 4.79 Å². The number of nitrogens with two attached hydrogens (primary N) is 1. The largest absolute Gasteiger partial charge is 0.480 e. The number of amides is 1. The first-order valence-electron chi connectivity index (χ1n) is 4.91. The highest BCUT2D eigenvalue weighted by atomic mass is 32.1. The average molecular weight is 242 g/mol. The summed E-state index contributed by atoms with van der Waals surface area (Å²) in [7, 11) is 0. The second kappa shape index (κ2) is 6.24. The van der Waals surface area contributed by atoms with Crippen LogP contribution in [0.5, 0.6) is 0 Å². The molecule has 0 unspecified atom stereocenters. The van der Waals surface area contributed by atoms with Gasteiger partial charge in [-0.25, -0.2) is 0 Å². The summed E-state index contributed by atoms with van der Waals surface area (Å²) >= 11 is 1.37. The van der Waals surface area contributed by atoms with Gasteiger partial charge >= 0.3 is 5.97 Å². The molecule has 0 aliphatic rings. The monoisotopic (exact) mass is 242 g/mol. The van der Waals surface area contributed by atoms with Crippen molar-refractivity contribution in [3.05, 3.63) is 22.4 Å². The first-order chi connectivity index (χ1) is 7.61. The Bertz CT molecular complexity index is 351. The van der Waals surface area contributed by atoms with Gasteiger partial charge in [0, 0.05) is 6.54 Å². The van der Waals surface area contributed by atoms with Crippen molar-refractivity contribution < 1.29 is 14.7 Å². The molecule has 0 radical (unpaired) electrons. The van der Waals surface area contributed by atoms with Crippen LogP contribution in [0.15, 0.2) is 17.5 Å². The van der Waals surface area contributed by atoms with Crippen LogP contribution in [0.2, 0.25) is 0 Å². The topological polar surface area (TPSA) is 92.4 Å². The Kier molecular flexibility index (Phi) is 4.94.